The third-order valence-corrected chi connectivity index (χ3v) is 8.43. The highest BCUT2D eigenvalue weighted by atomic mass is 16.5. The van der Waals surface area contributed by atoms with Gasteiger partial charge in [0, 0.05) is 0 Å². The molecule has 33 heavy (non-hydrogen) atoms. The van der Waals surface area contributed by atoms with Crippen LogP contribution in [0.2, 0.25) is 0 Å². The Kier molecular flexibility index (Phi) is 8.08. The summed E-state index contributed by atoms with van der Waals surface area (Å²) in [5.74, 6) is 0.391. The van der Waals surface area contributed by atoms with Crippen molar-refractivity contribution < 1.29 is 24.9 Å². The molecule has 0 aliphatic heterocycles. The largest absolute Gasteiger partial charge is 0.469 e. The van der Waals surface area contributed by atoms with Crippen LogP contribution >= 0.6 is 0 Å². The second kappa shape index (κ2) is 10.3. The van der Waals surface area contributed by atoms with E-state index in [0.29, 0.717) is 31.1 Å². The van der Waals surface area contributed by atoms with Crippen molar-refractivity contribution in [3.05, 3.63) is 47.6 Å². The van der Waals surface area contributed by atoms with Crippen LogP contribution in [-0.4, -0.2) is 46.7 Å². The Morgan fingerprint density at radius 1 is 1.21 bits per heavy atom. The van der Waals surface area contributed by atoms with Gasteiger partial charge in [0.25, 0.3) is 0 Å². The molecule has 3 rings (SSSR count). The van der Waals surface area contributed by atoms with E-state index in [4.69, 9.17) is 4.74 Å². The molecule has 0 radical (unpaired) electrons. The normalized spacial score (nSPS) is 34.9. The molecule has 3 aliphatic carbocycles. The van der Waals surface area contributed by atoms with Gasteiger partial charge < -0.3 is 20.1 Å². The Bertz CT molecular complexity index is 823. The van der Waals surface area contributed by atoms with Gasteiger partial charge in [-0.25, -0.2) is 0 Å². The molecule has 3 fully saturated rings. The van der Waals surface area contributed by atoms with E-state index in [1.165, 1.54) is 12.7 Å². The molecule has 0 unspecified atom stereocenters. The molecule has 3 aliphatic rings. The summed E-state index contributed by atoms with van der Waals surface area (Å²) in [5, 5.41) is 30.5. The number of aliphatic hydroxyl groups is 3. The van der Waals surface area contributed by atoms with Crippen molar-refractivity contribution >= 4 is 5.97 Å². The van der Waals surface area contributed by atoms with Crippen LogP contribution in [0.15, 0.2) is 47.6 Å². The quantitative estimate of drug-likeness (QED) is 0.399. The van der Waals surface area contributed by atoms with Crippen molar-refractivity contribution in [1.29, 1.82) is 0 Å². The third-order valence-electron chi connectivity index (χ3n) is 8.43. The van der Waals surface area contributed by atoms with Crippen LogP contribution in [0.3, 0.4) is 0 Å². The minimum absolute atomic E-state index is 0.123. The van der Waals surface area contributed by atoms with Gasteiger partial charge in [-0.2, -0.15) is 0 Å². The lowest BCUT2D eigenvalue weighted by molar-refractivity contribution is -0.155. The van der Waals surface area contributed by atoms with Crippen molar-refractivity contribution in [3.63, 3.8) is 0 Å². The summed E-state index contributed by atoms with van der Waals surface area (Å²) in [6.07, 6.45) is 13.5. The Balaban J connectivity index is 1.72. The smallest absolute Gasteiger partial charge is 0.314 e. The molecule has 0 bridgehead atoms. The maximum Gasteiger partial charge on any atom is 0.314 e. The van der Waals surface area contributed by atoms with E-state index in [1.54, 1.807) is 19.9 Å². The van der Waals surface area contributed by atoms with Crippen molar-refractivity contribution in [2.75, 3.05) is 7.11 Å². The molecule has 5 heteroatoms. The zero-order valence-electron chi connectivity index (χ0n) is 20.7. The molecule has 3 N–H and O–H groups in total. The molecule has 0 amide bonds. The molecule has 3 saturated carbocycles. The standard InChI is InChI=1S/C28H42O5/c1-18(8-13-25(31)27(2,3)26(32)33-5)23-11-12-24-20(7-6-14-28(23,24)4)10-9-19-15-21(29)17-22(30)16-19/h8-10,13,21-25,29-31H,1,6-7,11-12,14-17H2,2-5H3/b13-8+,20-10+/t21-,22-,23-,24+,25+,28-/m1/s1. The average Bonchev–Trinajstić information content (AvgIpc) is 3.11. The highest BCUT2D eigenvalue weighted by Crippen LogP contribution is 2.59. The van der Waals surface area contributed by atoms with Gasteiger partial charge in [0.1, 0.15) is 0 Å². The van der Waals surface area contributed by atoms with Crippen molar-refractivity contribution in [2.45, 2.75) is 90.4 Å². The highest BCUT2D eigenvalue weighted by Gasteiger charge is 2.49. The minimum Gasteiger partial charge on any atom is -0.469 e. The Morgan fingerprint density at radius 3 is 2.52 bits per heavy atom. The summed E-state index contributed by atoms with van der Waals surface area (Å²) in [5.41, 5.74) is 2.72. The van der Waals surface area contributed by atoms with E-state index in [-0.39, 0.29) is 5.41 Å². The molecule has 0 aromatic rings. The van der Waals surface area contributed by atoms with Crippen LogP contribution in [0, 0.1) is 22.7 Å². The number of aliphatic hydroxyl groups excluding tert-OH is 3. The number of esters is 1. The number of ether oxygens (including phenoxy) is 1. The van der Waals surface area contributed by atoms with Crippen LogP contribution in [0.4, 0.5) is 0 Å². The van der Waals surface area contributed by atoms with Gasteiger partial charge >= 0.3 is 5.97 Å². The molecule has 6 atom stereocenters. The van der Waals surface area contributed by atoms with E-state index in [2.05, 4.69) is 25.7 Å². The van der Waals surface area contributed by atoms with E-state index in [1.807, 2.05) is 6.08 Å². The molecular weight excluding hydrogens is 416 g/mol. The lowest BCUT2D eigenvalue weighted by Crippen LogP contribution is -2.37. The number of allylic oxidation sites excluding steroid dienone is 5. The number of carbonyl (C=O) groups excluding carboxylic acids is 1. The highest BCUT2D eigenvalue weighted by molar-refractivity contribution is 5.76. The maximum absolute atomic E-state index is 12.0. The van der Waals surface area contributed by atoms with Gasteiger partial charge in [0.2, 0.25) is 0 Å². The molecule has 5 nitrogen and oxygen atoms in total. The molecule has 184 valence electrons. The van der Waals surface area contributed by atoms with Gasteiger partial charge in [-0.05, 0) is 82.5 Å². The number of rotatable bonds is 6. The summed E-state index contributed by atoms with van der Waals surface area (Å²) >= 11 is 0. The van der Waals surface area contributed by atoms with E-state index >= 15 is 0 Å². The fourth-order valence-electron chi connectivity index (χ4n) is 6.33. The van der Waals surface area contributed by atoms with Crippen LogP contribution in [0.25, 0.3) is 0 Å². The van der Waals surface area contributed by atoms with Crippen molar-refractivity contribution in [2.24, 2.45) is 22.7 Å². The first kappa shape index (κ1) is 25.9. The SMILES string of the molecule is C=C(/C=C/[C@H](O)C(C)(C)C(=O)OC)[C@H]1CC[C@H]2/C(=C/C=C3C[C@@H](O)C[C@H](O)C3)CCC[C@]12C. The van der Waals surface area contributed by atoms with Gasteiger partial charge in [0.15, 0.2) is 0 Å². The van der Waals surface area contributed by atoms with E-state index in [9.17, 15) is 20.1 Å². The minimum atomic E-state index is -1.01. The number of hydrogen-bond acceptors (Lipinski definition) is 5. The number of methoxy groups -OCH3 is 1. The zero-order valence-corrected chi connectivity index (χ0v) is 20.7. The molecule has 0 spiro atoms. The first-order valence-electron chi connectivity index (χ1n) is 12.4. The monoisotopic (exact) mass is 458 g/mol. The van der Waals surface area contributed by atoms with Crippen LogP contribution in [0.1, 0.15) is 72.1 Å². The summed E-state index contributed by atoms with van der Waals surface area (Å²) in [4.78, 5) is 12.0. The van der Waals surface area contributed by atoms with Crippen LogP contribution in [-0.2, 0) is 9.53 Å². The van der Waals surface area contributed by atoms with Crippen LogP contribution in [0.5, 0.6) is 0 Å². The van der Waals surface area contributed by atoms with Crippen molar-refractivity contribution in [1.82, 2.24) is 0 Å². The molecule has 0 aromatic carbocycles. The fraction of sp³-hybridized carbons (Fsp3) is 0.679. The van der Waals surface area contributed by atoms with Gasteiger partial charge in [0.05, 0.1) is 30.8 Å². The molecule has 0 saturated heterocycles. The topological polar surface area (TPSA) is 87.0 Å². The first-order valence-corrected chi connectivity index (χ1v) is 12.4. The summed E-state index contributed by atoms with van der Waals surface area (Å²) in [6.45, 7) is 10.1. The predicted molar refractivity (Wildman–Crippen MR) is 130 cm³/mol. The summed E-state index contributed by atoms with van der Waals surface area (Å²) in [7, 11) is 1.33. The average molecular weight is 459 g/mol. The van der Waals surface area contributed by atoms with Crippen LogP contribution < -0.4 is 0 Å². The first-order chi connectivity index (χ1) is 15.5. The molecular formula is C28H42O5. The lowest BCUT2D eigenvalue weighted by Gasteiger charge is -2.42. The second-order valence-corrected chi connectivity index (χ2v) is 11.2. The number of hydrogen-bond donors (Lipinski definition) is 3. The van der Waals surface area contributed by atoms with E-state index < -0.39 is 29.7 Å². The molecule has 0 aromatic heterocycles. The van der Waals surface area contributed by atoms with Gasteiger partial charge in [-0.1, -0.05) is 54.5 Å². The second-order valence-electron chi connectivity index (χ2n) is 11.2. The Hall–Kier alpha value is -1.69. The predicted octanol–water partition coefficient (Wildman–Crippen LogP) is 4.63. The van der Waals surface area contributed by atoms with Gasteiger partial charge in [-0.3, -0.25) is 4.79 Å². The summed E-state index contributed by atoms with van der Waals surface area (Å²) < 4.78 is 4.83. The van der Waals surface area contributed by atoms with E-state index in [0.717, 1.165) is 43.3 Å². The Morgan fingerprint density at radius 2 is 1.88 bits per heavy atom. The number of carbonyl (C=O) groups is 1. The maximum atomic E-state index is 12.0. The molecule has 0 heterocycles. The lowest BCUT2D eigenvalue weighted by atomic mass is 9.62. The van der Waals surface area contributed by atoms with Crippen molar-refractivity contribution in [3.8, 4) is 0 Å². The fourth-order valence-corrected chi connectivity index (χ4v) is 6.33. The zero-order chi connectivity index (χ0) is 24.4. The number of fused-ring (bicyclic) bond motifs is 1. The Labute approximate surface area is 198 Å². The van der Waals surface area contributed by atoms with Gasteiger partial charge in [-0.15, -0.1) is 0 Å². The summed E-state index contributed by atoms with van der Waals surface area (Å²) in [6, 6.07) is 0. The third kappa shape index (κ3) is 5.52.